The quantitative estimate of drug-likeness (QED) is 0.385. The predicted octanol–water partition coefficient (Wildman–Crippen LogP) is 5.30. The van der Waals surface area contributed by atoms with Crippen LogP contribution in [-0.4, -0.2) is 47.9 Å². The molecule has 2 heterocycles. The van der Waals surface area contributed by atoms with Gasteiger partial charge in [0.1, 0.15) is 11.6 Å². The first-order chi connectivity index (χ1) is 15.7. The fourth-order valence-corrected chi connectivity index (χ4v) is 4.00. The average molecular weight is 457 g/mol. The molecule has 3 aromatic rings. The van der Waals surface area contributed by atoms with Crippen LogP contribution in [0.15, 0.2) is 66.9 Å². The topological polar surface area (TPSA) is 36.4 Å². The lowest BCUT2D eigenvalue weighted by molar-refractivity contribution is -0.137. The molecular weight excluding hydrogens is 434 g/mol. The predicted molar refractivity (Wildman–Crippen MR) is 119 cm³/mol. The van der Waals surface area contributed by atoms with E-state index in [-0.39, 0.29) is 17.6 Å². The first-order valence-corrected chi connectivity index (χ1v) is 10.7. The number of ketones is 1. The molecule has 1 fully saturated rings. The highest BCUT2D eigenvalue weighted by molar-refractivity contribution is 6.00. The summed E-state index contributed by atoms with van der Waals surface area (Å²) >= 11 is 0. The Bertz CT molecular complexity index is 1110. The van der Waals surface area contributed by atoms with Crippen molar-refractivity contribution in [3.63, 3.8) is 0 Å². The van der Waals surface area contributed by atoms with Gasteiger partial charge in [-0.15, -0.1) is 0 Å². The highest BCUT2D eigenvalue weighted by Gasteiger charge is 2.31. The Morgan fingerprint density at radius 2 is 1.61 bits per heavy atom. The van der Waals surface area contributed by atoms with E-state index in [1.54, 1.807) is 42.5 Å². The number of benzene rings is 2. The molecule has 172 valence electrons. The molecule has 0 amide bonds. The zero-order valence-corrected chi connectivity index (χ0v) is 18.0. The molecule has 4 rings (SSSR count). The van der Waals surface area contributed by atoms with Gasteiger partial charge in [-0.3, -0.25) is 9.69 Å². The molecular formula is C25H23F4N3O. The van der Waals surface area contributed by atoms with Crippen molar-refractivity contribution in [1.82, 2.24) is 9.88 Å². The zero-order valence-electron chi connectivity index (χ0n) is 18.0. The molecule has 1 aliphatic rings. The van der Waals surface area contributed by atoms with Crippen LogP contribution in [0, 0.1) is 5.82 Å². The monoisotopic (exact) mass is 457 g/mol. The maximum atomic E-state index is 14.0. The second-order valence-corrected chi connectivity index (χ2v) is 8.02. The van der Waals surface area contributed by atoms with Crippen LogP contribution in [0.2, 0.25) is 0 Å². The van der Waals surface area contributed by atoms with E-state index in [0.29, 0.717) is 48.7 Å². The van der Waals surface area contributed by atoms with E-state index in [9.17, 15) is 22.4 Å². The first-order valence-electron chi connectivity index (χ1n) is 10.7. The second-order valence-electron chi connectivity index (χ2n) is 8.02. The summed E-state index contributed by atoms with van der Waals surface area (Å²) in [4.78, 5) is 20.9. The number of nitrogens with zero attached hydrogens (tertiary/aromatic N) is 3. The van der Waals surface area contributed by atoms with Gasteiger partial charge in [-0.1, -0.05) is 42.5 Å². The van der Waals surface area contributed by atoms with E-state index in [0.717, 1.165) is 12.3 Å². The number of carbonyl (C=O) groups is 1. The van der Waals surface area contributed by atoms with E-state index < -0.39 is 11.7 Å². The van der Waals surface area contributed by atoms with Crippen molar-refractivity contribution in [2.45, 2.75) is 19.1 Å². The van der Waals surface area contributed by atoms with Crippen LogP contribution < -0.4 is 4.90 Å². The van der Waals surface area contributed by atoms with Crippen molar-refractivity contribution >= 4 is 11.6 Å². The minimum absolute atomic E-state index is 0.0313. The second kappa shape index (κ2) is 9.31. The number of piperazine rings is 1. The minimum Gasteiger partial charge on any atom is -0.354 e. The molecule has 1 atom stereocenters. The molecule has 0 N–H and O–H groups in total. The molecule has 0 saturated carbocycles. The van der Waals surface area contributed by atoms with Gasteiger partial charge in [-0.05, 0) is 30.7 Å². The number of hydrogen-bond acceptors (Lipinski definition) is 4. The maximum Gasteiger partial charge on any atom is 0.417 e. The molecule has 1 aliphatic heterocycles. The smallest absolute Gasteiger partial charge is 0.354 e. The van der Waals surface area contributed by atoms with Crippen molar-refractivity contribution in [3.8, 4) is 11.1 Å². The van der Waals surface area contributed by atoms with Crippen molar-refractivity contribution in [2.75, 3.05) is 31.1 Å². The number of halogens is 4. The summed E-state index contributed by atoms with van der Waals surface area (Å²) in [7, 11) is 0. The zero-order chi connectivity index (χ0) is 23.6. The van der Waals surface area contributed by atoms with Crippen molar-refractivity contribution < 1.29 is 22.4 Å². The molecule has 4 nitrogen and oxygen atoms in total. The molecule has 0 radical (unpaired) electrons. The number of pyridine rings is 1. The number of Topliss-reactive ketones (excluding diaryl/α,β-unsaturated/α-hetero) is 1. The fourth-order valence-electron chi connectivity index (χ4n) is 4.00. The van der Waals surface area contributed by atoms with E-state index >= 15 is 0 Å². The van der Waals surface area contributed by atoms with Gasteiger partial charge < -0.3 is 4.90 Å². The number of carbonyl (C=O) groups excluding carboxylic acids is 1. The van der Waals surface area contributed by atoms with Gasteiger partial charge in [0.15, 0.2) is 5.78 Å². The summed E-state index contributed by atoms with van der Waals surface area (Å²) in [5, 5.41) is 0. The Morgan fingerprint density at radius 1 is 0.939 bits per heavy atom. The SMILES string of the molecule is C[C@@H](C(=O)c1ccc(-c2ccccc2F)cc1)N1CCN(c2ccc(C(F)(F)F)cn2)CC1. The summed E-state index contributed by atoms with van der Waals surface area (Å²) in [6.07, 6.45) is -3.56. The van der Waals surface area contributed by atoms with Crippen LogP contribution in [0.1, 0.15) is 22.8 Å². The lowest BCUT2D eigenvalue weighted by Crippen LogP contribution is -2.52. The summed E-state index contributed by atoms with van der Waals surface area (Å²) in [5.41, 5.74) is 0.965. The van der Waals surface area contributed by atoms with Gasteiger partial charge in [0.05, 0.1) is 11.6 Å². The molecule has 1 aromatic heterocycles. The van der Waals surface area contributed by atoms with Crippen LogP contribution in [-0.2, 0) is 6.18 Å². The third-order valence-electron chi connectivity index (χ3n) is 5.99. The highest BCUT2D eigenvalue weighted by Crippen LogP contribution is 2.29. The standard InChI is InChI=1S/C25H23F4N3O/c1-17(24(33)19-8-6-18(7-9-19)21-4-2-3-5-22(21)26)31-12-14-32(15-13-31)23-11-10-20(16-30-23)25(27,28)29/h2-11,16-17H,12-15H2,1H3/t17-/m0/s1. The lowest BCUT2D eigenvalue weighted by atomic mass is 9.99. The van der Waals surface area contributed by atoms with Crippen LogP contribution in [0.4, 0.5) is 23.4 Å². The Balaban J connectivity index is 1.37. The van der Waals surface area contributed by atoms with Gasteiger partial charge in [-0.2, -0.15) is 13.2 Å². The summed E-state index contributed by atoms with van der Waals surface area (Å²) in [6, 6.07) is 15.5. The van der Waals surface area contributed by atoms with Crippen LogP contribution in [0.5, 0.6) is 0 Å². The minimum atomic E-state index is -4.41. The van der Waals surface area contributed by atoms with Gasteiger partial charge >= 0.3 is 6.18 Å². The summed E-state index contributed by atoms with van der Waals surface area (Å²) < 4.78 is 52.2. The van der Waals surface area contributed by atoms with Crippen LogP contribution >= 0.6 is 0 Å². The van der Waals surface area contributed by atoms with E-state index in [2.05, 4.69) is 4.98 Å². The van der Waals surface area contributed by atoms with Gasteiger partial charge in [-0.25, -0.2) is 9.37 Å². The number of alkyl halides is 3. The summed E-state index contributed by atoms with van der Waals surface area (Å²) in [6.45, 7) is 4.13. The Morgan fingerprint density at radius 3 is 2.18 bits per heavy atom. The van der Waals surface area contributed by atoms with E-state index in [1.807, 2.05) is 16.7 Å². The Hall–Kier alpha value is -3.26. The molecule has 0 unspecified atom stereocenters. The molecule has 0 bridgehead atoms. The molecule has 2 aromatic carbocycles. The average Bonchev–Trinajstić information content (AvgIpc) is 2.83. The van der Waals surface area contributed by atoms with E-state index in [4.69, 9.17) is 0 Å². The number of rotatable bonds is 5. The van der Waals surface area contributed by atoms with E-state index in [1.165, 1.54) is 12.1 Å². The largest absolute Gasteiger partial charge is 0.417 e. The molecule has 33 heavy (non-hydrogen) atoms. The van der Waals surface area contributed by atoms with Gasteiger partial charge in [0.2, 0.25) is 0 Å². The van der Waals surface area contributed by atoms with Gasteiger partial charge in [0, 0.05) is 43.5 Å². The Kier molecular flexibility index (Phi) is 6.47. The highest BCUT2D eigenvalue weighted by atomic mass is 19.4. The molecule has 1 saturated heterocycles. The molecule has 0 spiro atoms. The molecule has 8 heteroatoms. The summed E-state index contributed by atoms with van der Waals surface area (Å²) in [5.74, 6) is 0.145. The van der Waals surface area contributed by atoms with Gasteiger partial charge in [0.25, 0.3) is 0 Å². The normalized spacial score (nSPS) is 16.0. The van der Waals surface area contributed by atoms with Crippen LogP contribution in [0.3, 0.4) is 0 Å². The fraction of sp³-hybridized carbons (Fsp3) is 0.280. The maximum absolute atomic E-state index is 14.0. The number of aromatic nitrogens is 1. The lowest BCUT2D eigenvalue weighted by Gasteiger charge is -2.38. The van der Waals surface area contributed by atoms with Crippen molar-refractivity contribution in [3.05, 3.63) is 83.8 Å². The van der Waals surface area contributed by atoms with Crippen molar-refractivity contribution in [2.24, 2.45) is 0 Å². The molecule has 0 aliphatic carbocycles. The Labute approximate surface area is 189 Å². The third-order valence-corrected chi connectivity index (χ3v) is 5.99. The van der Waals surface area contributed by atoms with Crippen LogP contribution in [0.25, 0.3) is 11.1 Å². The van der Waals surface area contributed by atoms with Crippen molar-refractivity contribution in [1.29, 1.82) is 0 Å². The first kappa shape index (κ1) is 22.9. The third kappa shape index (κ3) is 5.06. The number of anilines is 1. The number of hydrogen-bond donors (Lipinski definition) is 0.